The molecule has 2 amide bonds. The average Bonchev–Trinajstić information content (AvgIpc) is 2.45. The van der Waals surface area contributed by atoms with Crippen LogP contribution in [0, 0.1) is 10.1 Å². The molecule has 0 unspecified atom stereocenters. The van der Waals surface area contributed by atoms with Crippen LogP contribution in [0.1, 0.15) is 17.3 Å². The van der Waals surface area contributed by atoms with Gasteiger partial charge in [0.2, 0.25) is 5.91 Å². The van der Waals surface area contributed by atoms with Gasteiger partial charge in [0.15, 0.2) is 0 Å². The molecule has 0 heterocycles. The Hall–Kier alpha value is -1.86. The fourth-order valence-corrected chi connectivity index (χ4v) is 1.82. The van der Waals surface area contributed by atoms with E-state index in [1.54, 1.807) is 14.0 Å². The van der Waals surface area contributed by atoms with Crippen LogP contribution < -0.4 is 5.32 Å². The van der Waals surface area contributed by atoms with Gasteiger partial charge in [-0.25, -0.2) is 0 Å². The van der Waals surface area contributed by atoms with Crippen molar-refractivity contribution >= 4 is 40.7 Å². The van der Waals surface area contributed by atoms with E-state index >= 15 is 0 Å². The average molecular weight is 334 g/mol. The van der Waals surface area contributed by atoms with Crippen molar-refractivity contribution in [1.82, 2.24) is 10.2 Å². The van der Waals surface area contributed by atoms with Crippen LogP contribution in [0.3, 0.4) is 0 Å². The van der Waals surface area contributed by atoms with Gasteiger partial charge in [-0.3, -0.25) is 19.7 Å². The molecule has 0 saturated carbocycles. The molecule has 1 aromatic carbocycles. The second-order valence-corrected chi connectivity index (χ2v) is 4.92. The first-order valence-electron chi connectivity index (χ1n) is 5.93. The van der Waals surface area contributed by atoms with Crippen molar-refractivity contribution in [2.24, 2.45) is 0 Å². The second-order valence-electron chi connectivity index (χ2n) is 4.14. The number of hydrogen-bond donors (Lipinski definition) is 1. The third kappa shape index (κ3) is 4.30. The Morgan fingerprint density at radius 1 is 1.38 bits per heavy atom. The third-order valence-electron chi connectivity index (χ3n) is 2.77. The Balaban J connectivity index is 2.92. The van der Waals surface area contributed by atoms with Crippen molar-refractivity contribution in [1.29, 1.82) is 0 Å². The fraction of sp³-hybridized carbons (Fsp3) is 0.333. The van der Waals surface area contributed by atoms with E-state index in [-0.39, 0.29) is 33.7 Å². The minimum atomic E-state index is -0.705. The van der Waals surface area contributed by atoms with Crippen LogP contribution >= 0.6 is 23.2 Å². The first-order chi connectivity index (χ1) is 9.77. The highest BCUT2D eigenvalue weighted by atomic mass is 35.5. The number of nitrogens with zero attached hydrogens (tertiary/aromatic N) is 2. The molecule has 9 heteroatoms. The number of carbonyl (C=O) groups excluding carboxylic acids is 2. The number of benzene rings is 1. The van der Waals surface area contributed by atoms with Gasteiger partial charge in [-0.2, -0.15) is 0 Å². The Morgan fingerprint density at radius 3 is 2.52 bits per heavy atom. The SMILES string of the molecule is CCN(C)C(=O)CNC(=O)c1cc([N+](=O)[O-])cc(Cl)c1Cl. The van der Waals surface area contributed by atoms with Crippen molar-refractivity contribution < 1.29 is 14.5 Å². The van der Waals surface area contributed by atoms with Gasteiger partial charge in [-0.15, -0.1) is 0 Å². The van der Waals surface area contributed by atoms with E-state index in [4.69, 9.17) is 23.2 Å². The number of carbonyl (C=O) groups is 2. The highest BCUT2D eigenvalue weighted by molar-refractivity contribution is 6.44. The number of likely N-dealkylation sites (N-methyl/N-ethyl adjacent to an activating group) is 1. The maximum Gasteiger partial charge on any atom is 0.271 e. The Bertz CT molecular complexity index is 592. The van der Waals surface area contributed by atoms with Gasteiger partial charge in [0.1, 0.15) is 0 Å². The molecule has 0 bridgehead atoms. The predicted molar refractivity (Wildman–Crippen MR) is 78.8 cm³/mol. The third-order valence-corrected chi connectivity index (χ3v) is 3.57. The molecule has 0 radical (unpaired) electrons. The lowest BCUT2D eigenvalue weighted by Gasteiger charge is -2.15. The summed E-state index contributed by atoms with van der Waals surface area (Å²) in [4.78, 5) is 35.0. The minimum Gasteiger partial charge on any atom is -0.345 e. The summed E-state index contributed by atoms with van der Waals surface area (Å²) >= 11 is 11.6. The van der Waals surface area contributed by atoms with E-state index in [0.717, 1.165) is 12.1 Å². The Kier molecular flexibility index (Phi) is 5.92. The number of non-ortho nitro benzene ring substituents is 1. The quantitative estimate of drug-likeness (QED) is 0.659. The Labute approximate surface area is 131 Å². The van der Waals surface area contributed by atoms with Crippen molar-refractivity contribution in [3.05, 3.63) is 37.9 Å². The van der Waals surface area contributed by atoms with Crippen LogP contribution in [-0.4, -0.2) is 41.8 Å². The van der Waals surface area contributed by atoms with Crippen LogP contribution in [0.2, 0.25) is 10.0 Å². The van der Waals surface area contributed by atoms with E-state index in [1.165, 1.54) is 4.90 Å². The van der Waals surface area contributed by atoms with Crippen molar-refractivity contribution in [2.75, 3.05) is 20.1 Å². The maximum absolute atomic E-state index is 12.0. The summed E-state index contributed by atoms with van der Waals surface area (Å²) in [6, 6.07) is 2.06. The van der Waals surface area contributed by atoms with E-state index in [0.29, 0.717) is 6.54 Å². The molecular weight excluding hydrogens is 321 g/mol. The largest absolute Gasteiger partial charge is 0.345 e. The molecule has 21 heavy (non-hydrogen) atoms. The number of nitro benzene ring substituents is 1. The lowest BCUT2D eigenvalue weighted by molar-refractivity contribution is -0.384. The van der Waals surface area contributed by atoms with Crippen LogP contribution in [-0.2, 0) is 4.79 Å². The van der Waals surface area contributed by atoms with Crippen molar-refractivity contribution in [2.45, 2.75) is 6.92 Å². The molecular formula is C12H13Cl2N3O4. The number of amides is 2. The second kappa shape index (κ2) is 7.24. The normalized spacial score (nSPS) is 10.1. The van der Waals surface area contributed by atoms with Gasteiger partial charge in [-0.05, 0) is 6.92 Å². The number of nitrogens with one attached hydrogen (secondary N) is 1. The summed E-state index contributed by atoms with van der Waals surface area (Å²) in [5, 5.41) is 12.9. The van der Waals surface area contributed by atoms with Crippen LogP contribution in [0.25, 0.3) is 0 Å². The van der Waals surface area contributed by atoms with E-state index in [9.17, 15) is 19.7 Å². The molecule has 0 saturated heterocycles. The molecule has 1 aromatic rings. The molecule has 0 aliphatic rings. The summed E-state index contributed by atoms with van der Waals surface area (Å²) in [6.07, 6.45) is 0. The molecule has 0 aliphatic heterocycles. The molecule has 1 N–H and O–H groups in total. The highest BCUT2D eigenvalue weighted by Crippen LogP contribution is 2.30. The van der Waals surface area contributed by atoms with Crippen molar-refractivity contribution in [3.8, 4) is 0 Å². The minimum absolute atomic E-state index is 0.101. The number of rotatable bonds is 5. The maximum atomic E-state index is 12.0. The molecule has 7 nitrogen and oxygen atoms in total. The van der Waals surface area contributed by atoms with Gasteiger partial charge in [-0.1, -0.05) is 23.2 Å². The summed E-state index contributed by atoms with van der Waals surface area (Å²) in [5.41, 5.74) is -0.505. The number of hydrogen-bond acceptors (Lipinski definition) is 4. The predicted octanol–water partition coefficient (Wildman–Crippen LogP) is 2.11. The standard InChI is InChI=1S/C12H13Cl2N3O4/c1-3-16(2)10(18)6-15-12(19)8-4-7(17(20)21)5-9(13)11(8)14/h4-5H,3,6H2,1-2H3,(H,15,19). The van der Waals surface area contributed by atoms with Gasteiger partial charge in [0, 0.05) is 25.7 Å². The number of nitro groups is 1. The monoisotopic (exact) mass is 333 g/mol. The molecule has 0 aliphatic carbocycles. The lowest BCUT2D eigenvalue weighted by Crippen LogP contribution is -2.38. The fourth-order valence-electron chi connectivity index (χ4n) is 1.41. The van der Waals surface area contributed by atoms with Gasteiger partial charge in [0.05, 0.1) is 27.1 Å². The molecule has 114 valence electrons. The summed E-state index contributed by atoms with van der Waals surface area (Å²) in [6.45, 7) is 2.05. The van der Waals surface area contributed by atoms with E-state index < -0.39 is 10.8 Å². The Morgan fingerprint density at radius 2 is 2.00 bits per heavy atom. The summed E-state index contributed by atoms with van der Waals surface area (Å²) in [5.74, 6) is -0.998. The lowest BCUT2D eigenvalue weighted by atomic mass is 10.2. The molecule has 0 atom stereocenters. The number of halogens is 2. The van der Waals surface area contributed by atoms with Gasteiger partial charge < -0.3 is 10.2 Å². The highest BCUT2D eigenvalue weighted by Gasteiger charge is 2.20. The van der Waals surface area contributed by atoms with E-state index in [1.807, 2.05) is 0 Å². The molecule has 1 rings (SSSR count). The van der Waals surface area contributed by atoms with Gasteiger partial charge >= 0.3 is 0 Å². The zero-order chi connectivity index (χ0) is 16.2. The smallest absolute Gasteiger partial charge is 0.271 e. The van der Waals surface area contributed by atoms with Crippen LogP contribution in [0.5, 0.6) is 0 Å². The van der Waals surface area contributed by atoms with Gasteiger partial charge in [0.25, 0.3) is 11.6 Å². The van der Waals surface area contributed by atoms with Crippen LogP contribution in [0.15, 0.2) is 12.1 Å². The zero-order valence-electron chi connectivity index (χ0n) is 11.4. The summed E-state index contributed by atoms with van der Waals surface area (Å²) < 4.78 is 0. The molecule has 0 spiro atoms. The first-order valence-corrected chi connectivity index (χ1v) is 6.69. The van der Waals surface area contributed by atoms with E-state index in [2.05, 4.69) is 5.32 Å². The molecule has 0 aromatic heterocycles. The van der Waals surface area contributed by atoms with Crippen LogP contribution in [0.4, 0.5) is 5.69 Å². The zero-order valence-corrected chi connectivity index (χ0v) is 12.9. The van der Waals surface area contributed by atoms with Crippen molar-refractivity contribution in [3.63, 3.8) is 0 Å². The summed E-state index contributed by atoms with van der Waals surface area (Å²) in [7, 11) is 1.59. The topological polar surface area (TPSA) is 92.6 Å². The first kappa shape index (κ1) is 17.2. The molecule has 0 fully saturated rings.